The van der Waals surface area contributed by atoms with E-state index in [1.807, 2.05) is 12.4 Å². The number of halogens is 1. The van der Waals surface area contributed by atoms with Crippen LogP contribution in [-0.4, -0.2) is 68.1 Å². The van der Waals surface area contributed by atoms with Crippen molar-refractivity contribution in [3.63, 3.8) is 0 Å². The van der Waals surface area contributed by atoms with Crippen molar-refractivity contribution in [2.24, 2.45) is 5.92 Å². The normalized spacial score (nSPS) is 26.8. The van der Waals surface area contributed by atoms with Crippen molar-refractivity contribution in [2.45, 2.75) is 88.4 Å². The van der Waals surface area contributed by atoms with E-state index >= 15 is 0 Å². The molecule has 2 atom stereocenters. The van der Waals surface area contributed by atoms with Crippen molar-refractivity contribution in [1.29, 1.82) is 0 Å². The van der Waals surface area contributed by atoms with E-state index in [0.717, 1.165) is 84.3 Å². The van der Waals surface area contributed by atoms with Gasteiger partial charge >= 0.3 is 0 Å². The second-order valence-corrected chi connectivity index (χ2v) is 14.5. The number of benzene rings is 1. The molecule has 3 aromatic heterocycles. The number of hydrogen-bond acceptors (Lipinski definition) is 7. The van der Waals surface area contributed by atoms with Gasteiger partial charge in [-0.15, -0.1) is 0 Å². The molecule has 2 bridgehead atoms. The molecular weight excluding hydrogens is 579 g/mol. The van der Waals surface area contributed by atoms with Crippen LogP contribution >= 0.6 is 0 Å². The van der Waals surface area contributed by atoms with Crippen molar-refractivity contribution in [3.05, 3.63) is 60.4 Å². The van der Waals surface area contributed by atoms with Crippen molar-refractivity contribution >= 4 is 34.1 Å². The Morgan fingerprint density at radius 2 is 1.89 bits per heavy atom. The molecule has 2 saturated carbocycles. The Morgan fingerprint density at radius 1 is 1.04 bits per heavy atom. The van der Waals surface area contributed by atoms with Gasteiger partial charge in [-0.1, -0.05) is 12.1 Å². The van der Waals surface area contributed by atoms with Crippen LogP contribution in [0.2, 0.25) is 0 Å². The number of pyridine rings is 2. The van der Waals surface area contributed by atoms with Gasteiger partial charge in [0, 0.05) is 48.2 Å². The summed E-state index contributed by atoms with van der Waals surface area (Å²) < 4.78 is 16.8. The SMILES string of the molecule is CC(C)n1cnc2cc(-c3ccc4c(c3)N(C3CC(N5C[C@H]6CC[C@@H]5C6)C3)C(=O)C43CCNCC3)nc(Nc3ccncc3F)c21. The molecule has 1 aromatic carbocycles. The number of anilines is 3. The van der Waals surface area contributed by atoms with Crippen LogP contribution in [0.5, 0.6) is 0 Å². The largest absolute Gasteiger partial charge is 0.336 e. The minimum atomic E-state index is -0.462. The number of likely N-dealkylation sites (tertiary alicyclic amines) is 1. The Labute approximate surface area is 268 Å². The summed E-state index contributed by atoms with van der Waals surface area (Å²) >= 11 is 0. The second kappa shape index (κ2) is 10.6. The first-order valence-corrected chi connectivity index (χ1v) is 17.1. The number of aromatic nitrogens is 4. The first-order chi connectivity index (χ1) is 22.4. The highest BCUT2D eigenvalue weighted by molar-refractivity contribution is 6.09. The number of rotatable bonds is 6. The lowest BCUT2D eigenvalue weighted by Gasteiger charge is -2.48. The van der Waals surface area contributed by atoms with E-state index in [1.54, 1.807) is 12.3 Å². The molecule has 1 amide bonds. The van der Waals surface area contributed by atoms with Crippen LogP contribution in [0.3, 0.4) is 0 Å². The van der Waals surface area contributed by atoms with Gasteiger partial charge in [0.25, 0.3) is 0 Å². The fraction of sp³-hybridized carbons (Fsp3) is 0.500. The van der Waals surface area contributed by atoms with Gasteiger partial charge in [0.15, 0.2) is 11.6 Å². The predicted octanol–water partition coefficient (Wildman–Crippen LogP) is 5.94. The monoisotopic (exact) mass is 620 g/mol. The molecule has 2 aliphatic carbocycles. The Kier molecular flexibility index (Phi) is 6.51. The average Bonchev–Trinajstić information content (AvgIpc) is 3.83. The smallest absolute Gasteiger partial charge is 0.238 e. The lowest BCUT2D eigenvalue weighted by molar-refractivity contribution is -0.125. The highest BCUT2D eigenvalue weighted by Crippen LogP contribution is 2.52. The average molecular weight is 621 g/mol. The Balaban J connectivity index is 1.11. The van der Waals surface area contributed by atoms with Crippen molar-refractivity contribution in [2.75, 3.05) is 29.9 Å². The van der Waals surface area contributed by atoms with Crippen LogP contribution < -0.4 is 15.5 Å². The summed E-state index contributed by atoms with van der Waals surface area (Å²) in [6, 6.07) is 11.8. The van der Waals surface area contributed by atoms with Gasteiger partial charge in [-0.3, -0.25) is 14.7 Å². The highest BCUT2D eigenvalue weighted by atomic mass is 19.1. The first-order valence-electron chi connectivity index (χ1n) is 17.1. The zero-order valence-electron chi connectivity index (χ0n) is 26.5. The third-order valence-corrected chi connectivity index (χ3v) is 11.7. The number of carbonyl (C=O) groups excluding carboxylic acids is 1. The Hall–Kier alpha value is -3.89. The van der Waals surface area contributed by atoms with E-state index in [4.69, 9.17) is 9.97 Å². The molecule has 0 radical (unpaired) electrons. The third kappa shape index (κ3) is 4.25. The maximum atomic E-state index is 14.8. The summed E-state index contributed by atoms with van der Waals surface area (Å²) in [7, 11) is 0. The van der Waals surface area contributed by atoms with E-state index in [2.05, 4.69) is 62.0 Å². The van der Waals surface area contributed by atoms with E-state index in [1.165, 1.54) is 32.0 Å². The highest BCUT2D eigenvalue weighted by Gasteiger charge is 2.55. The van der Waals surface area contributed by atoms with Gasteiger partial charge < -0.3 is 20.1 Å². The number of fused-ring (bicyclic) bond motifs is 5. The first kappa shape index (κ1) is 28.3. The molecule has 6 heterocycles. The van der Waals surface area contributed by atoms with Crippen molar-refractivity contribution in [3.8, 4) is 11.3 Å². The predicted molar refractivity (Wildman–Crippen MR) is 177 cm³/mol. The summed E-state index contributed by atoms with van der Waals surface area (Å²) in [4.78, 5) is 33.2. The molecule has 3 aliphatic heterocycles. The molecule has 1 spiro atoms. The number of amides is 1. The summed E-state index contributed by atoms with van der Waals surface area (Å²) in [6.07, 6.45) is 12.4. The fourth-order valence-corrected chi connectivity index (χ4v) is 9.19. The maximum absolute atomic E-state index is 14.8. The van der Waals surface area contributed by atoms with E-state index < -0.39 is 11.2 Å². The van der Waals surface area contributed by atoms with Crippen LogP contribution in [0.15, 0.2) is 49.1 Å². The number of hydrogen-bond donors (Lipinski definition) is 2. The Morgan fingerprint density at radius 3 is 2.63 bits per heavy atom. The van der Waals surface area contributed by atoms with Gasteiger partial charge in [-0.25, -0.2) is 14.4 Å². The maximum Gasteiger partial charge on any atom is 0.238 e. The van der Waals surface area contributed by atoms with Crippen LogP contribution in [0.1, 0.15) is 70.4 Å². The number of nitrogens with zero attached hydrogens (tertiary/aromatic N) is 6. The number of carbonyl (C=O) groups is 1. The molecule has 0 unspecified atom stereocenters. The number of imidazole rings is 1. The zero-order chi connectivity index (χ0) is 31.2. The summed E-state index contributed by atoms with van der Waals surface area (Å²) in [5, 5.41) is 6.72. The summed E-state index contributed by atoms with van der Waals surface area (Å²) in [5.41, 5.74) is 5.30. The second-order valence-electron chi connectivity index (χ2n) is 14.5. The molecule has 9 rings (SSSR count). The number of piperidine rings is 2. The quantitative estimate of drug-likeness (QED) is 0.276. The summed E-state index contributed by atoms with van der Waals surface area (Å²) in [6.45, 7) is 7.12. The van der Waals surface area contributed by atoms with Crippen molar-refractivity contribution < 1.29 is 9.18 Å². The molecule has 2 saturated heterocycles. The molecule has 2 N–H and O–H groups in total. The third-order valence-electron chi connectivity index (χ3n) is 11.7. The van der Waals surface area contributed by atoms with Gasteiger partial charge in [-0.2, -0.15) is 0 Å². The number of nitrogens with one attached hydrogen (secondary N) is 2. The van der Waals surface area contributed by atoms with E-state index in [9.17, 15) is 9.18 Å². The van der Waals surface area contributed by atoms with Crippen LogP contribution in [-0.2, 0) is 10.2 Å². The van der Waals surface area contributed by atoms with E-state index in [-0.39, 0.29) is 18.0 Å². The van der Waals surface area contributed by atoms with Crippen LogP contribution in [0.25, 0.3) is 22.3 Å². The van der Waals surface area contributed by atoms with Crippen molar-refractivity contribution in [1.82, 2.24) is 29.7 Å². The topological polar surface area (TPSA) is 91.2 Å². The lowest BCUT2D eigenvalue weighted by Crippen LogP contribution is -2.58. The van der Waals surface area contributed by atoms with Gasteiger partial charge in [-0.05, 0) is 102 Å². The molecule has 10 heteroatoms. The van der Waals surface area contributed by atoms with Crippen LogP contribution in [0.4, 0.5) is 21.6 Å². The van der Waals surface area contributed by atoms with Gasteiger partial charge in [0.05, 0.1) is 34.8 Å². The molecule has 4 aromatic rings. The fourth-order valence-electron chi connectivity index (χ4n) is 9.19. The molecule has 238 valence electrons. The van der Waals surface area contributed by atoms with Gasteiger partial charge in [0.1, 0.15) is 5.52 Å². The molecule has 9 nitrogen and oxygen atoms in total. The molecule has 5 aliphatic rings. The van der Waals surface area contributed by atoms with Crippen LogP contribution in [0, 0.1) is 11.7 Å². The minimum absolute atomic E-state index is 0.142. The Bertz CT molecular complexity index is 1840. The van der Waals surface area contributed by atoms with E-state index in [0.29, 0.717) is 17.5 Å². The standard InChI is InChI=1S/C36H41FN8O/c1-21(2)44-20-40-31-17-30(42-34(33(31)44)41-29-7-10-39-18-28(29)37)23-4-6-27-32(14-23)45(35(46)36(27)8-11-38-12-9-36)26-15-25(16-26)43-19-22-3-5-24(43)13-22/h4,6-7,10,14,17-18,20-22,24-26,38H,3,5,8-9,11-13,15-16,19H2,1-2H3,(H,39,41,42)/t22-,24+,25?,26?/m0/s1. The minimum Gasteiger partial charge on any atom is -0.336 e. The molecule has 4 fully saturated rings. The summed E-state index contributed by atoms with van der Waals surface area (Å²) in [5.74, 6) is 1.25. The molecule has 46 heavy (non-hydrogen) atoms. The van der Waals surface area contributed by atoms with Gasteiger partial charge in [0.2, 0.25) is 5.91 Å². The lowest BCUT2D eigenvalue weighted by atomic mass is 9.74. The zero-order valence-corrected chi connectivity index (χ0v) is 26.5. The molecular formula is C36H41FN8O.